The Kier molecular flexibility index (Phi) is 8.34. The number of Topliss-reactive ketones (excluding diaryl/α,β-unsaturated/α-hetero) is 1. The highest BCUT2D eigenvalue weighted by atomic mass is 16.5. The first-order valence-corrected chi connectivity index (χ1v) is 17.1. The van der Waals surface area contributed by atoms with Gasteiger partial charge in [0.25, 0.3) is 0 Å². The number of anilines is 2. The van der Waals surface area contributed by atoms with Gasteiger partial charge in [0, 0.05) is 75.0 Å². The molecule has 5 atom stereocenters. The largest absolute Gasteiger partial charge is 0.497 e. The Morgan fingerprint density at radius 2 is 1.73 bits per heavy atom. The van der Waals surface area contributed by atoms with Crippen LogP contribution in [0.4, 0.5) is 11.4 Å². The van der Waals surface area contributed by atoms with Gasteiger partial charge in [-0.1, -0.05) is 19.1 Å². The minimum absolute atomic E-state index is 0.181. The van der Waals surface area contributed by atoms with Crippen molar-refractivity contribution >= 4 is 23.1 Å². The molecule has 0 unspecified atom stereocenters. The third kappa shape index (κ3) is 5.50. The van der Waals surface area contributed by atoms with E-state index in [1.165, 1.54) is 23.4 Å². The van der Waals surface area contributed by atoms with Crippen LogP contribution in [0.3, 0.4) is 0 Å². The molecule has 2 aromatic carbocycles. The minimum atomic E-state index is -0.181. The van der Waals surface area contributed by atoms with Gasteiger partial charge in [-0.25, -0.2) is 0 Å². The van der Waals surface area contributed by atoms with Gasteiger partial charge in [0.1, 0.15) is 11.5 Å². The van der Waals surface area contributed by atoms with Gasteiger partial charge in [-0.15, -0.1) is 0 Å². The van der Waals surface area contributed by atoms with Crippen molar-refractivity contribution in [2.24, 2.45) is 23.2 Å². The van der Waals surface area contributed by atoms with Crippen molar-refractivity contribution in [2.75, 3.05) is 69.4 Å². The lowest BCUT2D eigenvalue weighted by atomic mass is 9.54. The molecule has 236 valence electrons. The van der Waals surface area contributed by atoms with Gasteiger partial charge in [0.05, 0.1) is 20.3 Å². The molecule has 2 aromatic rings. The molecular weight excluding hydrogens is 550 g/mol. The first-order chi connectivity index (χ1) is 21.4. The van der Waals surface area contributed by atoms with Gasteiger partial charge in [0.2, 0.25) is 5.91 Å². The monoisotopic (exact) mass is 599 g/mol. The van der Waals surface area contributed by atoms with Crippen LogP contribution in [-0.2, 0) is 20.7 Å². The molecule has 44 heavy (non-hydrogen) atoms. The second-order valence-corrected chi connectivity index (χ2v) is 14.1. The average molecular weight is 600 g/mol. The number of hydrogen-bond acceptors (Lipinski definition) is 6. The molecule has 7 nitrogen and oxygen atoms in total. The fraction of sp³-hybridized carbons (Fsp3) is 0.622. The summed E-state index contributed by atoms with van der Waals surface area (Å²) in [6.45, 7) is 9.04. The van der Waals surface area contributed by atoms with Crippen LogP contribution in [0.25, 0.3) is 0 Å². The fourth-order valence-electron chi connectivity index (χ4n) is 9.61. The van der Waals surface area contributed by atoms with Gasteiger partial charge in [0.15, 0.2) is 0 Å². The molecule has 5 aliphatic rings. The molecule has 4 fully saturated rings. The number of aryl methyl sites for hydroxylation is 1. The van der Waals surface area contributed by atoms with Crippen molar-refractivity contribution < 1.29 is 19.1 Å². The van der Waals surface area contributed by atoms with E-state index in [0.717, 1.165) is 64.0 Å². The lowest BCUT2D eigenvalue weighted by Crippen LogP contribution is -2.46. The van der Waals surface area contributed by atoms with Crippen molar-refractivity contribution in [3.8, 4) is 5.75 Å². The summed E-state index contributed by atoms with van der Waals surface area (Å²) in [5.74, 6) is 3.65. The number of piperazine rings is 1. The number of fused-ring (bicyclic) bond motifs is 5. The van der Waals surface area contributed by atoms with E-state index < -0.39 is 0 Å². The predicted molar refractivity (Wildman–Crippen MR) is 174 cm³/mol. The average Bonchev–Trinajstić information content (AvgIpc) is 3.33. The van der Waals surface area contributed by atoms with Crippen LogP contribution in [0.1, 0.15) is 68.9 Å². The number of hydrogen-bond donors (Lipinski definition) is 0. The van der Waals surface area contributed by atoms with Crippen LogP contribution in [0, 0.1) is 23.2 Å². The summed E-state index contributed by atoms with van der Waals surface area (Å²) < 4.78 is 10.9. The van der Waals surface area contributed by atoms with E-state index in [4.69, 9.17) is 9.47 Å². The Morgan fingerprint density at radius 1 is 0.977 bits per heavy atom. The van der Waals surface area contributed by atoms with E-state index in [-0.39, 0.29) is 11.3 Å². The quantitative estimate of drug-likeness (QED) is 0.407. The van der Waals surface area contributed by atoms with E-state index in [1.54, 1.807) is 12.7 Å². The molecule has 2 saturated carbocycles. The summed E-state index contributed by atoms with van der Waals surface area (Å²) in [7, 11) is 1.73. The highest BCUT2D eigenvalue weighted by Gasteiger charge is 2.58. The summed E-state index contributed by atoms with van der Waals surface area (Å²) in [5.41, 5.74) is 5.48. The second-order valence-electron chi connectivity index (χ2n) is 14.1. The number of benzene rings is 2. The summed E-state index contributed by atoms with van der Waals surface area (Å²) in [5, 5.41) is 0. The standard InChI is InChI=1S/C37H49N3O4/c1-37-14-13-32-31-12-10-29(39-17-15-38(16-18-39)28-6-4-7-30(25-28)43-2)23-26(31)9-11-33(32)36(37)27(24-34(37)41)5-3-8-35(42)40-19-21-44-22-20-40/h4,6-7,10,12,23,25,27,32-33,36H,3,5,8-9,11,13-22,24H2,1-2H3/t27-,32+,33+,36-,37+/m0/s1. The van der Waals surface area contributed by atoms with Crippen LogP contribution in [0.5, 0.6) is 5.75 Å². The van der Waals surface area contributed by atoms with Crippen LogP contribution < -0.4 is 14.5 Å². The molecule has 0 N–H and O–H groups in total. The maximum Gasteiger partial charge on any atom is 0.222 e. The predicted octanol–water partition coefficient (Wildman–Crippen LogP) is 5.70. The fourth-order valence-corrected chi connectivity index (χ4v) is 9.61. The van der Waals surface area contributed by atoms with Gasteiger partial charge >= 0.3 is 0 Å². The SMILES string of the molecule is COc1cccc(N2CCN(c3ccc4c(c3)CC[C@H]3[C@@H]5[C@@H](CCCC(=O)N6CCOCC6)CC(=O)[C@@]5(C)CC[C@H]43)CC2)c1. The maximum atomic E-state index is 13.5. The number of morpholine rings is 1. The van der Waals surface area contributed by atoms with Crippen molar-refractivity contribution in [2.45, 2.75) is 64.2 Å². The zero-order valence-electron chi connectivity index (χ0n) is 26.6. The molecule has 0 bridgehead atoms. The highest BCUT2D eigenvalue weighted by molar-refractivity contribution is 5.87. The normalized spacial score (nSPS) is 30.0. The van der Waals surface area contributed by atoms with E-state index in [1.807, 2.05) is 11.0 Å². The molecule has 7 rings (SSSR count). The van der Waals surface area contributed by atoms with Crippen LogP contribution in [0.15, 0.2) is 42.5 Å². The van der Waals surface area contributed by atoms with Gasteiger partial charge < -0.3 is 24.2 Å². The van der Waals surface area contributed by atoms with Gasteiger partial charge in [-0.3, -0.25) is 9.59 Å². The lowest BCUT2D eigenvalue weighted by Gasteiger charge is -2.50. The molecule has 7 heteroatoms. The summed E-state index contributed by atoms with van der Waals surface area (Å²) in [6, 6.07) is 15.7. The third-order valence-electron chi connectivity index (χ3n) is 11.9. The molecule has 2 aliphatic heterocycles. The smallest absolute Gasteiger partial charge is 0.222 e. The van der Waals surface area contributed by atoms with Gasteiger partial charge in [-0.05, 0) is 97.6 Å². The summed E-state index contributed by atoms with van der Waals surface area (Å²) in [6.07, 6.45) is 7.62. The molecule has 0 spiro atoms. The Hall–Kier alpha value is -3.06. The Labute approximate surface area is 262 Å². The highest BCUT2D eigenvalue weighted by Crippen LogP contribution is 2.62. The maximum absolute atomic E-state index is 13.5. The molecule has 2 saturated heterocycles. The van der Waals surface area contributed by atoms with E-state index in [0.29, 0.717) is 68.6 Å². The first-order valence-electron chi connectivity index (χ1n) is 17.1. The Bertz CT molecular complexity index is 1360. The molecule has 1 amide bonds. The van der Waals surface area contributed by atoms with Crippen molar-refractivity contribution in [1.29, 1.82) is 0 Å². The number of rotatable bonds is 7. The number of ketones is 1. The number of nitrogens with zero attached hydrogens (tertiary/aromatic N) is 3. The number of amides is 1. The van der Waals surface area contributed by atoms with Crippen molar-refractivity contribution in [3.63, 3.8) is 0 Å². The van der Waals surface area contributed by atoms with Gasteiger partial charge in [-0.2, -0.15) is 0 Å². The Balaban J connectivity index is 1.00. The van der Waals surface area contributed by atoms with Crippen molar-refractivity contribution in [1.82, 2.24) is 4.90 Å². The zero-order chi connectivity index (χ0) is 30.3. The second kappa shape index (κ2) is 12.4. The molecule has 0 radical (unpaired) electrons. The van der Waals surface area contributed by atoms with Crippen LogP contribution in [-0.4, -0.2) is 76.2 Å². The number of carbonyl (C=O) groups excluding carboxylic acids is 2. The van der Waals surface area contributed by atoms with E-state index in [9.17, 15) is 9.59 Å². The topological polar surface area (TPSA) is 62.3 Å². The summed E-state index contributed by atoms with van der Waals surface area (Å²) in [4.78, 5) is 33.2. The molecule has 3 aliphatic carbocycles. The van der Waals surface area contributed by atoms with Crippen molar-refractivity contribution in [3.05, 3.63) is 53.6 Å². The van der Waals surface area contributed by atoms with E-state index >= 15 is 0 Å². The van der Waals surface area contributed by atoms with E-state index in [2.05, 4.69) is 53.1 Å². The number of methoxy groups -OCH3 is 1. The number of ether oxygens (including phenoxy) is 2. The first kappa shape index (κ1) is 29.6. The summed E-state index contributed by atoms with van der Waals surface area (Å²) >= 11 is 0. The lowest BCUT2D eigenvalue weighted by molar-refractivity contribution is -0.135. The zero-order valence-corrected chi connectivity index (χ0v) is 26.6. The third-order valence-corrected chi connectivity index (χ3v) is 11.9. The molecule has 0 aromatic heterocycles. The van der Waals surface area contributed by atoms with Crippen LogP contribution >= 0.6 is 0 Å². The minimum Gasteiger partial charge on any atom is -0.497 e. The molecular formula is C37H49N3O4. The Morgan fingerprint density at radius 3 is 2.48 bits per heavy atom. The molecule has 2 heterocycles. The number of carbonyl (C=O) groups is 2. The van der Waals surface area contributed by atoms with Crippen LogP contribution in [0.2, 0.25) is 0 Å².